The van der Waals surface area contributed by atoms with Gasteiger partial charge in [-0.15, -0.1) is 11.6 Å². The fourth-order valence-corrected chi connectivity index (χ4v) is 7.50. The number of hydrogen-bond donors (Lipinski definition) is 1. The molecule has 0 spiro atoms. The van der Waals surface area contributed by atoms with Gasteiger partial charge in [-0.2, -0.15) is 5.26 Å². The van der Waals surface area contributed by atoms with Crippen LogP contribution in [0.4, 0.5) is 5.95 Å². The van der Waals surface area contributed by atoms with Gasteiger partial charge in [-0.1, -0.05) is 37.6 Å². The molecule has 12 heteroatoms. The van der Waals surface area contributed by atoms with Gasteiger partial charge in [0.05, 0.1) is 28.8 Å². The lowest BCUT2D eigenvalue weighted by molar-refractivity contribution is 0.0620. The Morgan fingerprint density at radius 3 is 2.26 bits per heavy atom. The van der Waals surface area contributed by atoms with E-state index in [1.54, 1.807) is 0 Å². The van der Waals surface area contributed by atoms with Crippen LogP contribution in [0.25, 0.3) is 0 Å². The number of nitrogens with zero attached hydrogens (tertiary/aromatic N) is 7. The van der Waals surface area contributed by atoms with E-state index in [1.807, 2.05) is 48.7 Å². The Labute approximate surface area is 307 Å². The van der Waals surface area contributed by atoms with Gasteiger partial charge in [0.15, 0.2) is 5.75 Å². The van der Waals surface area contributed by atoms with E-state index < -0.39 is 5.41 Å². The van der Waals surface area contributed by atoms with Gasteiger partial charge in [0.2, 0.25) is 5.95 Å². The van der Waals surface area contributed by atoms with Crippen LogP contribution in [0.5, 0.6) is 11.5 Å². The lowest BCUT2D eigenvalue weighted by atomic mass is 9.77. The summed E-state index contributed by atoms with van der Waals surface area (Å²) in [4.78, 5) is 19.6. The number of aromatic nitrogens is 2. The van der Waals surface area contributed by atoms with Gasteiger partial charge < -0.3 is 24.6 Å². The molecular formula is C38H50Cl2N8O2. The number of benzene rings is 2. The van der Waals surface area contributed by atoms with Gasteiger partial charge in [0.25, 0.3) is 0 Å². The predicted molar refractivity (Wildman–Crippen MR) is 200 cm³/mol. The van der Waals surface area contributed by atoms with Crippen LogP contribution in [0.3, 0.4) is 0 Å². The molecule has 0 bridgehead atoms. The van der Waals surface area contributed by atoms with Crippen LogP contribution in [0.1, 0.15) is 49.1 Å². The van der Waals surface area contributed by atoms with Gasteiger partial charge in [0, 0.05) is 70.5 Å². The summed E-state index contributed by atoms with van der Waals surface area (Å²) in [6.07, 6.45) is 4.48. The highest BCUT2D eigenvalue weighted by Gasteiger charge is 2.27. The Balaban J connectivity index is 0.965. The van der Waals surface area contributed by atoms with E-state index in [1.165, 1.54) is 45.6 Å². The molecule has 3 aliphatic heterocycles. The number of hydrogen-bond acceptors (Lipinski definition) is 10. The Bertz CT molecular complexity index is 1580. The van der Waals surface area contributed by atoms with Gasteiger partial charge in [0.1, 0.15) is 25.0 Å². The van der Waals surface area contributed by atoms with E-state index in [-0.39, 0.29) is 6.61 Å². The van der Waals surface area contributed by atoms with Crippen molar-refractivity contribution in [3.63, 3.8) is 0 Å². The Morgan fingerprint density at radius 2 is 1.58 bits per heavy atom. The molecule has 4 heterocycles. The van der Waals surface area contributed by atoms with Gasteiger partial charge in [-0.25, -0.2) is 9.97 Å². The van der Waals surface area contributed by atoms with Gasteiger partial charge in [-0.05, 0) is 73.3 Å². The SMILES string of the molecule is CC(C)(c1ccc(OCc2ccnc(N3CCN(CN4CCN(CC5CCNCC5)CC4)CC3)n2)cc1)c1cc(Cl)c(OCCCl)c(C#N)c1. The van der Waals surface area contributed by atoms with Crippen LogP contribution in [0.15, 0.2) is 48.7 Å². The molecule has 0 saturated carbocycles. The van der Waals surface area contributed by atoms with Crippen molar-refractivity contribution >= 4 is 29.2 Å². The molecule has 10 nitrogen and oxygen atoms in total. The minimum absolute atomic E-state index is 0.282. The molecule has 1 N–H and O–H groups in total. The molecule has 0 atom stereocenters. The summed E-state index contributed by atoms with van der Waals surface area (Å²) in [7, 11) is 0. The highest BCUT2D eigenvalue weighted by Crippen LogP contribution is 2.38. The average Bonchev–Trinajstić information content (AvgIpc) is 3.15. The zero-order valence-electron chi connectivity index (χ0n) is 29.4. The zero-order chi connectivity index (χ0) is 34.9. The number of anilines is 1. The first-order valence-corrected chi connectivity index (χ1v) is 18.8. The third-order valence-electron chi connectivity index (χ3n) is 10.4. The molecule has 6 rings (SSSR count). The quantitative estimate of drug-likeness (QED) is 0.237. The molecule has 0 radical (unpaired) electrons. The van der Waals surface area contributed by atoms with Gasteiger partial charge >= 0.3 is 0 Å². The maximum absolute atomic E-state index is 9.74. The first-order chi connectivity index (χ1) is 24.3. The number of ether oxygens (including phenoxy) is 2. The van der Waals surface area contributed by atoms with Crippen LogP contribution >= 0.6 is 23.2 Å². The van der Waals surface area contributed by atoms with Crippen LogP contribution in [0.2, 0.25) is 5.02 Å². The van der Waals surface area contributed by atoms with Crippen molar-refractivity contribution in [3.05, 3.63) is 76.1 Å². The van der Waals surface area contributed by atoms with Gasteiger partial charge in [-0.3, -0.25) is 9.80 Å². The highest BCUT2D eigenvalue weighted by atomic mass is 35.5. The monoisotopic (exact) mass is 720 g/mol. The number of rotatable bonds is 13. The minimum atomic E-state index is -0.411. The van der Waals surface area contributed by atoms with E-state index >= 15 is 0 Å². The topological polar surface area (TPSA) is 93.0 Å². The van der Waals surface area contributed by atoms with Crippen molar-refractivity contribution in [2.75, 3.05) is 96.0 Å². The molecule has 0 amide bonds. The lowest BCUT2D eigenvalue weighted by Gasteiger charge is -2.41. The van der Waals surface area contributed by atoms with Crippen LogP contribution in [0, 0.1) is 17.2 Å². The van der Waals surface area contributed by atoms with Crippen molar-refractivity contribution < 1.29 is 9.47 Å². The zero-order valence-corrected chi connectivity index (χ0v) is 30.9. The summed E-state index contributed by atoms with van der Waals surface area (Å²) in [5.41, 5.74) is 2.81. The Hall–Kier alpha value is -3.17. The number of alkyl halides is 1. The van der Waals surface area contributed by atoms with Crippen molar-refractivity contribution in [1.82, 2.24) is 30.0 Å². The molecule has 1 aromatic heterocycles. The fraction of sp³-hybridized carbons (Fsp3) is 0.553. The minimum Gasteiger partial charge on any atom is -0.489 e. The third-order valence-corrected chi connectivity index (χ3v) is 10.8. The second-order valence-electron chi connectivity index (χ2n) is 14.1. The number of nitrogens with one attached hydrogen (secondary N) is 1. The largest absolute Gasteiger partial charge is 0.489 e. The molecule has 0 aliphatic carbocycles. The molecule has 50 heavy (non-hydrogen) atoms. The van der Waals surface area contributed by atoms with Crippen molar-refractivity contribution in [3.8, 4) is 17.6 Å². The predicted octanol–water partition coefficient (Wildman–Crippen LogP) is 5.22. The number of nitriles is 1. The molecule has 3 saturated heterocycles. The van der Waals surface area contributed by atoms with E-state index in [0.717, 1.165) is 80.4 Å². The third kappa shape index (κ3) is 9.38. The molecule has 3 aromatic rings. The maximum Gasteiger partial charge on any atom is 0.225 e. The molecule has 268 valence electrons. The summed E-state index contributed by atoms with van der Waals surface area (Å²) in [5, 5.41) is 13.6. The summed E-state index contributed by atoms with van der Waals surface area (Å²) < 4.78 is 11.8. The van der Waals surface area contributed by atoms with Crippen molar-refractivity contribution in [2.45, 2.75) is 38.7 Å². The van der Waals surface area contributed by atoms with Crippen molar-refractivity contribution in [2.24, 2.45) is 5.92 Å². The van der Waals surface area contributed by atoms with Crippen molar-refractivity contribution in [1.29, 1.82) is 5.26 Å². The number of piperidine rings is 1. The molecule has 0 unspecified atom stereocenters. The van der Waals surface area contributed by atoms with E-state index in [2.05, 4.69) is 49.8 Å². The Kier molecular flexibility index (Phi) is 12.7. The number of halogens is 2. The average molecular weight is 722 g/mol. The Morgan fingerprint density at radius 1 is 0.900 bits per heavy atom. The number of piperazine rings is 2. The second kappa shape index (κ2) is 17.4. The first kappa shape index (κ1) is 36.6. The standard InChI is InChI=1S/C38H50Cl2N8O2/c1-38(2,32-23-30(25-41)36(35(40)24-32)49-22-10-39)31-3-5-34(6-4-31)50-27-33-9-13-43-37(44-33)48-20-18-47(19-21-48)28-46-16-14-45(15-17-46)26-29-7-11-42-12-8-29/h3-6,9,13,23-24,29,42H,7-8,10-12,14-22,26-28H2,1-2H3. The second-order valence-corrected chi connectivity index (χ2v) is 14.9. The van der Waals surface area contributed by atoms with E-state index in [4.69, 9.17) is 37.7 Å². The smallest absolute Gasteiger partial charge is 0.225 e. The van der Waals surface area contributed by atoms with E-state index in [0.29, 0.717) is 28.8 Å². The molecular weight excluding hydrogens is 671 g/mol. The van der Waals surface area contributed by atoms with Crippen LogP contribution in [-0.2, 0) is 12.0 Å². The maximum atomic E-state index is 9.74. The molecule has 3 aliphatic rings. The normalized spacial score (nSPS) is 18.6. The summed E-state index contributed by atoms with van der Waals surface area (Å²) in [5.74, 6) is 3.08. The molecule has 3 fully saturated rings. The lowest BCUT2D eigenvalue weighted by Crippen LogP contribution is -2.54. The summed E-state index contributed by atoms with van der Waals surface area (Å²) >= 11 is 12.3. The highest BCUT2D eigenvalue weighted by molar-refractivity contribution is 6.32. The fourth-order valence-electron chi connectivity index (χ4n) is 7.15. The van der Waals surface area contributed by atoms with Crippen LogP contribution < -0.4 is 19.7 Å². The summed E-state index contributed by atoms with van der Waals surface area (Å²) in [6, 6.07) is 15.9. The molecule has 2 aromatic carbocycles. The summed E-state index contributed by atoms with van der Waals surface area (Å²) in [6.45, 7) is 18.1. The first-order valence-electron chi connectivity index (χ1n) is 17.9. The van der Waals surface area contributed by atoms with E-state index in [9.17, 15) is 5.26 Å². The van der Waals surface area contributed by atoms with Crippen LogP contribution in [-0.4, -0.2) is 116 Å².